The van der Waals surface area contributed by atoms with Crippen LogP contribution in [-0.2, 0) is 6.42 Å². The van der Waals surface area contributed by atoms with E-state index in [0.717, 1.165) is 22.9 Å². The summed E-state index contributed by atoms with van der Waals surface area (Å²) in [5, 5.41) is 10.8. The molecule has 0 aliphatic heterocycles. The van der Waals surface area contributed by atoms with Crippen molar-refractivity contribution in [3.05, 3.63) is 28.5 Å². The molecule has 17 heavy (non-hydrogen) atoms. The third-order valence-electron chi connectivity index (χ3n) is 3.98. The average Bonchev–Trinajstić information content (AvgIpc) is 2.24. The smallest absolute Gasteiger partial charge is 0.0716 e. The van der Waals surface area contributed by atoms with Gasteiger partial charge in [0.1, 0.15) is 0 Å². The average molecular weight is 298 g/mol. The van der Waals surface area contributed by atoms with Gasteiger partial charge < -0.3 is 5.11 Å². The van der Waals surface area contributed by atoms with Crippen molar-refractivity contribution in [3.8, 4) is 0 Å². The zero-order valence-electron chi connectivity index (χ0n) is 10.5. The second-order valence-electron chi connectivity index (χ2n) is 5.58. The number of rotatable bonds is 2. The number of pyridine rings is 1. The summed E-state index contributed by atoms with van der Waals surface area (Å²) in [7, 11) is 0. The van der Waals surface area contributed by atoms with Gasteiger partial charge in [-0.3, -0.25) is 4.98 Å². The fourth-order valence-corrected chi connectivity index (χ4v) is 3.27. The van der Waals surface area contributed by atoms with E-state index in [1.165, 1.54) is 6.42 Å². The molecule has 1 fully saturated rings. The Morgan fingerprint density at radius 3 is 2.88 bits per heavy atom. The van der Waals surface area contributed by atoms with E-state index < -0.39 is 5.60 Å². The maximum atomic E-state index is 10.8. The number of hydrogen-bond donors (Lipinski definition) is 1. The van der Waals surface area contributed by atoms with E-state index in [9.17, 15) is 5.11 Å². The van der Waals surface area contributed by atoms with Gasteiger partial charge >= 0.3 is 0 Å². The van der Waals surface area contributed by atoms with Crippen LogP contribution >= 0.6 is 15.9 Å². The van der Waals surface area contributed by atoms with Crippen LogP contribution in [0.5, 0.6) is 0 Å². The predicted octanol–water partition coefficient (Wildman–Crippen LogP) is 3.57. The summed E-state index contributed by atoms with van der Waals surface area (Å²) in [6.07, 6.45) is 7.61. The van der Waals surface area contributed by atoms with Gasteiger partial charge in [0, 0.05) is 23.3 Å². The Bertz CT molecular complexity index is 396. The predicted molar refractivity (Wildman–Crippen MR) is 72.8 cm³/mol. The SMILES string of the molecule is CC1CCC(C)C(O)(Cc2cncc(Br)c2)C1. The van der Waals surface area contributed by atoms with Gasteiger partial charge in [-0.1, -0.05) is 20.3 Å². The van der Waals surface area contributed by atoms with Crippen molar-refractivity contribution >= 4 is 15.9 Å². The van der Waals surface area contributed by atoms with Crippen molar-refractivity contribution in [1.29, 1.82) is 0 Å². The van der Waals surface area contributed by atoms with Crippen molar-refractivity contribution in [2.24, 2.45) is 11.8 Å². The van der Waals surface area contributed by atoms with Gasteiger partial charge in [0.15, 0.2) is 0 Å². The van der Waals surface area contributed by atoms with Crippen LogP contribution in [-0.4, -0.2) is 15.7 Å². The minimum Gasteiger partial charge on any atom is -0.389 e. The van der Waals surface area contributed by atoms with E-state index >= 15 is 0 Å². The van der Waals surface area contributed by atoms with Gasteiger partial charge in [-0.25, -0.2) is 0 Å². The van der Waals surface area contributed by atoms with Crippen molar-refractivity contribution in [2.75, 3.05) is 0 Å². The van der Waals surface area contributed by atoms with Gasteiger partial charge in [0.05, 0.1) is 5.60 Å². The van der Waals surface area contributed by atoms with Crippen LogP contribution < -0.4 is 0 Å². The summed E-state index contributed by atoms with van der Waals surface area (Å²) in [5.74, 6) is 0.994. The van der Waals surface area contributed by atoms with E-state index in [2.05, 4.69) is 40.8 Å². The molecule has 2 rings (SSSR count). The van der Waals surface area contributed by atoms with Crippen molar-refractivity contribution in [1.82, 2.24) is 4.98 Å². The number of aliphatic hydroxyl groups is 1. The second kappa shape index (κ2) is 5.07. The van der Waals surface area contributed by atoms with Gasteiger partial charge in [-0.2, -0.15) is 0 Å². The van der Waals surface area contributed by atoms with E-state index in [1.54, 1.807) is 6.20 Å². The van der Waals surface area contributed by atoms with Crippen LogP contribution in [0.1, 0.15) is 38.7 Å². The van der Waals surface area contributed by atoms with Gasteiger partial charge in [0.25, 0.3) is 0 Å². The van der Waals surface area contributed by atoms with Crippen molar-refractivity contribution in [2.45, 2.75) is 45.1 Å². The van der Waals surface area contributed by atoms with Crippen LogP contribution in [0.25, 0.3) is 0 Å². The van der Waals surface area contributed by atoms with Gasteiger partial charge in [0.2, 0.25) is 0 Å². The van der Waals surface area contributed by atoms with E-state index in [-0.39, 0.29) is 0 Å². The summed E-state index contributed by atoms with van der Waals surface area (Å²) in [5.41, 5.74) is 0.558. The third kappa shape index (κ3) is 3.08. The van der Waals surface area contributed by atoms with E-state index in [4.69, 9.17) is 0 Å². The van der Waals surface area contributed by atoms with Gasteiger partial charge in [-0.15, -0.1) is 0 Å². The van der Waals surface area contributed by atoms with Crippen molar-refractivity contribution in [3.63, 3.8) is 0 Å². The fraction of sp³-hybridized carbons (Fsp3) is 0.643. The molecule has 2 nitrogen and oxygen atoms in total. The molecular weight excluding hydrogens is 278 g/mol. The first-order chi connectivity index (χ1) is 7.99. The molecule has 3 unspecified atom stereocenters. The van der Waals surface area contributed by atoms with Crippen LogP contribution in [0, 0.1) is 11.8 Å². The topological polar surface area (TPSA) is 33.1 Å². The Morgan fingerprint density at radius 1 is 1.41 bits per heavy atom. The largest absolute Gasteiger partial charge is 0.389 e. The first-order valence-electron chi connectivity index (χ1n) is 6.31. The maximum absolute atomic E-state index is 10.8. The minimum absolute atomic E-state index is 0.373. The van der Waals surface area contributed by atoms with Crippen LogP contribution in [0.4, 0.5) is 0 Å². The molecule has 1 aliphatic carbocycles. The standard InChI is InChI=1S/C14H20BrNO/c1-10-3-4-11(2)14(17,6-10)7-12-5-13(15)9-16-8-12/h5,8-11,17H,3-4,6-7H2,1-2H3. The summed E-state index contributed by atoms with van der Waals surface area (Å²) < 4.78 is 0.982. The lowest BCUT2D eigenvalue weighted by atomic mass is 9.69. The first-order valence-corrected chi connectivity index (χ1v) is 7.11. The third-order valence-corrected chi connectivity index (χ3v) is 4.42. The highest BCUT2D eigenvalue weighted by atomic mass is 79.9. The molecule has 1 aromatic rings. The van der Waals surface area contributed by atoms with Crippen LogP contribution in [0.15, 0.2) is 22.9 Å². The molecule has 0 aromatic carbocycles. The molecule has 1 saturated carbocycles. The minimum atomic E-state index is -0.555. The molecule has 0 amide bonds. The summed E-state index contributed by atoms with van der Waals surface area (Å²) in [6.45, 7) is 4.40. The highest BCUT2D eigenvalue weighted by Crippen LogP contribution is 2.39. The monoisotopic (exact) mass is 297 g/mol. The molecule has 1 aliphatic rings. The molecule has 94 valence electrons. The lowest BCUT2D eigenvalue weighted by Crippen LogP contribution is -2.43. The molecule has 0 spiro atoms. The number of halogens is 1. The number of nitrogens with zero attached hydrogens (tertiary/aromatic N) is 1. The Kier molecular flexibility index (Phi) is 3.88. The second-order valence-corrected chi connectivity index (χ2v) is 6.50. The molecule has 0 saturated heterocycles. The summed E-state index contributed by atoms with van der Waals surface area (Å²) in [4.78, 5) is 4.17. The number of aromatic nitrogens is 1. The first kappa shape index (κ1) is 13.0. The molecule has 1 N–H and O–H groups in total. The zero-order chi connectivity index (χ0) is 12.5. The lowest BCUT2D eigenvalue weighted by Gasteiger charge is -2.41. The van der Waals surface area contributed by atoms with E-state index in [0.29, 0.717) is 18.3 Å². The molecule has 1 heterocycles. The molecule has 3 heteroatoms. The lowest BCUT2D eigenvalue weighted by molar-refractivity contribution is -0.0560. The molecule has 3 atom stereocenters. The number of hydrogen-bond acceptors (Lipinski definition) is 2. The maximum Gasteiger partial charge on any atom is 0.0716 e. The van der Waals surface area contributed by atoms with Crippen LogP contribution in [0.3, 0.4) is 0 Å². The Hall–Kier alpha value is -0.410. The van der Waals surface area contributed by atoms with E-state index in [1.807, 2.05) is 6.20 Å². The summed E-state index contributed by atoms with van der Waals surface area (Å²) >= 11 is 3.43. The fourth-order valence-electron chi connectivity index (χ4n) is 2.86. The Labute approximate surface area is 112 Å². The normalized spacial score (nSPS) is 33.6. The van der Waals surface area contributed by atoms with Crippen LogP contribution in [0.2, 0.25) is 0 Å². The Balaban J connectivity index is 2.15. The molecule has 1 aromatic heterocycles. The van der Waals surface area contributed by atoms with Crippen molar-refractivity contribution < 1.29 is 5.11 Å². The summed E-state index contributed by atoms with van der Waals surface area (Å²) in [6, 6.07) is 2.05. The van der Waals surface area contributed by atoms with Gasteiger partial charge in [-0.05, 0) is 52.2 Å². The molecular formula is C14H20BrNO. The highest BCUT2D eigenvalue weighted by molar-refractivity contribution is 9.10. The zero-order valence-corrected chi connectivity index (χ0v) is 12.1. The highest BCUT2D eigenvalue weighted by Gasteiger charge is 2.38. The Morgan fingerprint density at radius 2 is 2.18 bits per heavy atom. The molecule has 0 bridgehead atoms. The quantitative estimate of drug-likeness (QED) is 0.905. The molecule has 0 radical (unpaired) electrons.